The molecule has 1 saturated heterocycles. The fourth-order valence-electron chi connectivity index (χ4n) is 1.58. The Kier molecular flexibility index (Phi) is 4.13. The molecule has 0 aromatic heterocycles. The summed E-state index contributed by atoms with van der Waals surface area (Å²) in [6.45, 7) is 3.95. The Bertz CT molecular complexity index is 409. The van der Waals surface area contributed by atoms with Crippen molar-refractivity contribution in [3.05, 3.63) is 0 Å². The highest BCUT2D eigenvalue weighted by atomic mass is 16.7. The first-order chi connectivity index (χ1) is 8.64. The van der Waals surface area contributed by atoms with Gasteiger partial charge in [-0.25, -0.2) is 4.79 Å². The van der Waals surface area contributed by atoms with Gasteiger partial charge in [-0.15, -0.1) is 0 Å². The molecule has 1 rings (SSSR count). The quantitative estimate of drug-likeness (QED) is 0.542. The normalized spacial score (nSPS) is 20.2. The maximum atomic E-state index is 11.9. The minimum atomic E-state index is -1.65. The number of carbonyl (C=O) groups excluding carboxylic acids is 3. The van der Waals surface area contributed by atoms with E-state index in [1.807, 2.05) is 5.32 Å². The number of rotatable bonds is 4. The van der Waals surface area contributed by atoms with Gasteiger partial charge in [-0.2, -0.15) is 0 Å². The maximum absolute atomic E-state index is 11.9. The predicted octanol–water partition coefficient (Wildman–Crippen LogP) is -0.0885. The third-order valence-corrected chi connectivity index (χ3v) is 2.49. The fraction of sp³-hybridized carbons (Fsp3) is 0.636. The van der Waals surface area contributed by atoms with Gasteiger partial charge in [0.1, 0.15) is 0 Å². The average Bonchev–Trinajstić information content (AvgIpc) is 2.22. The number of amides is 1. The summed E-state index contributed by atoms with van der Waals surface area (Å²) < 4.78 is 9.63. The zero-order chi connectivity index (χ0) is 14.8. The molecule has 2 N–H and O–H groups in total. The summed E-state index contributed by atoms with van der Waals surface area (Å²) in [5, 5.41) is 10.4. The minimum absolute atomic E-state index is 0.200. The second kappa shape index (κ2) is 5.25. The Balaban J connectivity index is 2.74. The Labute approximate surface area is 109 Å². The highest BCUT2D eigenvalue weighted by Crippen LogP contribution is 2.25. The Hall–Kier alpha value is -2.12. The number of hydrogen-bond donors (Lipinski definition) is 2. The molecule has 0 aromatic rings. The lowest BCUT2D eigenvalue weighted by atomic mass is 9.93. The maximum Gasteiger partial charge on any atom is 0.404 e. The summed E-state index contributed by atoms with van der Waals surface area (Å²) in [6, 6.07) is 0. The van der Waals surface area contributed by atoms with Gasteiger partial charge >= 0.3 is 18.0 Å². The van der Waals surface area contributed by atoms with Crippen molar-refractivity contribution in [1.82, 2.24) is 5.32 Å². The van der Waals surface area contributed by atoms with Gasteiger partial charge in [0.15, 0.2) is 5.78 Å². The molecule has 106 valence electrons. The van der Waals surface area contributed by atoms with Crippen molar-refractivity contribution in [2.45, 2.75) is 26.6 Å². The third-order valence-electron chi connectivity index (χ3n) is 2.49. The standard InChI is InChI=1S/C11H15NO7/c1-5(4-12-10(16)17)7(13)6-8(14)18-11(2,3)19-9(6)15/h5-6,12H,4H2,1-3H3,(H,16,17)/t5-/m1/s1. The molecule has 8 nitrogen and oxygen atoms in total. The van der Waals surface area contributed by atoms with Gasteiger partial charge < -0.3 is 19.9 Å². The number of carboxylic acid groups (broad SMARTS) is 1. The lowest BCUT2D eigenvalue weighted by molar-refractivity contribution is -0.238. The number of carbonyl (C=O) groups is 4. The summed E-state index contributed by atoms with van der Waals surface area (Å²) in [4.78, 5) is 45.5. The van der Waals surface area contributed by atoms with Gasteiger partial charge in [-0.3, -0.25) is 14.4 Å². The summed E-state index contributed by atoms with van der Waals surface area (Å²) in [6.07, 6.45) is -1.30. The zero-order valence-corrected chi connectivity index (χ0v) is 10.8. The highest BCUT2D eigenvalue weighted by molar-refractivity contribution is 6.16. The van der Waals surface area contributed by atoms with Gasteiger partial charge in [0, 0.05) is 26.3 Å². The monoisotopic (exact) mass is 273 g/mol. The first kappa shape index (κ1) is 14.9. The van der Waals surface area contributed by atoms with E-state index < -0.39 is 41.4 Å². The molecule has 1 aliphatic rings. The Morgan fingerprint density at radius 1 is 1.32 bits per heavy atom. The molecule has 0 radical (unpaired) electrons. The molecular weight excluding hydrogens is 258 g/mol. The van der Waals surface area contributed by atoms with Crippen molar-refractivity contribution >= 4 is 23.8 Å². The van der Waals surface area contributed by atoms with Gasteiger partial charge in [-0.1, -0.05) is 6.92 Å². The van der Waals surface area contributed by atoms with Crippen molar-refractivity contribution in [2.75, 3.05) is 6.54 Å². The zero-order valence-electron chi connectivity index (χ0n) is 10.8. The van der Waals surface area contributed by atoms with Crippen LogP contribution in [0.3, 0.4) is 0 Å². The first-order valence-corrected chi connectivity index (χ1v) is 5.60. The largest absolute Gasteiger partial charge is 0.465 e. The summed E-state index contributed by atoms with van der Waals surface area (Å²) >= 11 is 0. The van der Waals surface area contributed by atoms with E-state index in [9.17, 15) is 19.2 Å². The molecule has 1 aliphatic heterocycles. The molecule has 8 heteroatoms. The van der Waals surface area contributed by atoms with Crippen LogP contribution in [0.15, 0.2) is 0 Å². The third kappa shape index (κ3) is 3.67. The summed E-state index contributed by atoms with van der Waals surface area (Å²) in [7, 11) is 0. The average molecular weight is 273 g/mol. The minimum Gasteiger partial charge on any atom is -0.465 e. The topological polar surface area (TPSA) is 119 Å². The second-order valence-corrected chi connectivity index (χ2v) is 4.66. The lowest BCUT2D eigenvalue weighted by Crippen LogP contribution is -2.51. The van der Waals surface area contributed by atoms with Crippen LogP contribution in [0.2, 0.25) is 0 Å². The van der Waals surface area contributed by atoms with Crippen molar-refractivity contribution in [3.63, 3.8) is 0 Å². The van der Waals surface area contributed by atoms with Crippen LogP contribution in [-0.2, 0) is 23.9 Å². The van der Waals surface area contributed by atoms with Crippen LogP contribution in [0, 0.1) is 11.8 Å². The molecule has 1 atom stereocenters. The van der Waals surface area contributed by atoms with E-state index >= 15 is 0 Å². The van der Waals surface area contributed by atoms with E-state index in [0.29, 0.717) is 0 Å². The Morgan fingerprint density at radius 3 is 2.21 bits per heavy atom. The SMILES string of the molecule is C[C@H](CNC(=O)O)C(=O)C1C(=O)OC(C)(C)OC1=O. The van der Waals surface area contributed by atoms with Crippen LogP contribution in [-0.4, -0.2) is 41.3 Å². The molecule has 0 aromatic carbocycles. The molecule has 1 heterocycles. The van der Waals surface area contributed by atoms with Gasteiger partial charge in [-0.05, 0) is 0 Å². The van der Waals surface area contributed by atoms with Crippen molar-refractivity contribution in [1.29, 1.82) is 0 Å². The lowest BCUT2D eigenvalue weighted by Gasteiger charge is -2.32. The van der Waals surface area contributed by atoms with Crippen LogP contribution < -0.4 is 5.32 Å². The number of cyclic esters (lactones) is 2. The van der Waals surface area contributed by atoms with Crippen LogP contribution in [0.1, 0.15) is 20.8 Å². The van der Waals surface area contributed by atoms with E-state index in [-0.39, 0.29) is 6.54 Å². The molecule has 0 spiro atoms. The summed E-state index contributed by atoms with van der Waals surface area (Å²) in [5.74, 6) is -6.59. The van der Waals surface area contributed by atoms with Crippen LogP contribution >= 0.6 is 0 Å². The molecule has 19 heavy (non-hydrogen) atoms. The van der Waals surface area contributed by atoms with E-state index in [0.717, 1.165) is 0 Å². The van der Waals surface area contributed by atoms with Gasteiger partial charge in [0.05, 0.1) is 0 Å². The molecule has 1 amide bonds. The van der Waals surface area contributed by atoms with Crippen molar-refractivity contribution in [2.24, 2.45) is 11.8 Å². The molecular formula is C11H15NO7. The van der Waals surface area contributed by atoms with E-state index in [4.69, 9.17) is 14.6 Å². The smallest absolute Gasteiger partial charge is 0.404 e. The Morgan fingerprint density at radius 2 is 1.79 bits per heavy atom. The van der Waals surface area contributed by atoms with Crippen LogP contribution in [0.25, 0.3) is 0 Å². The first-order valence-electron chi connectivity index (χ1n) is 5.60. The van der Waals surface area contributed by atoms with E-state index in [1.54, 1.807) is 0 Å². The van der Waals surface area contributed by atoms with Gasteiger partial charge in [0.25, 0.3) is 5.79 Å². The molecule has 0 aliphatic carbocycles. The fourth-order valence-corrected chi connectivity index (χ4v) is 1.58. The summed E-state index contributed by atoms with van der Waals surface area (Å²) in [5.41, 5.74) is 0. The molecule has 0 bridgehead atoms. The van der Waals surface area contributed by atoms with Crippen molar-refractivity contribution < 1.29 is 33.8 Å². The number of hydrogen-bond acceptors (Lipinski definition) is 6. The van der Waals surface area contributed by atoms with E-state index in [2.05, 4.69) is 0 Å². The van der Waals surface area contributed by atoms with Crippen LogP contribution in [0.4, 0.5) is 4.79 Å². The molecule has 1 fully saturated rings. The van der Waals surface area contributed by atoms with Crippen LogP contribution in [0.5, 0.6) is 0 Å². The number of Topliss-reactive ketones (excluding diaryl/α,β-unsaturated/α-hetero) is 1. The molecule has 0 unspecified atom stereocenters. The van der Waals surface area contributed by atoms with Crippen molar-refractivity contribution in [3.8, 4) is 0 Å². The second-order valence-electron chi connectivity index (χ2n) is 4.66. The number of ketones is 1. The number of nitrogens with one attached hydrogen (secondary N) is 1. The van der Waals surface area contributed by atoms with Gasteiger partial charge in [0.2, 0.25) is 5.92 Å². The molecule has 0 saturated carbocycles. The number of ether oxygens (including phenoxy) is 2. The predicted molar refractivity (Wildman–Crippen MR) is 60.0 cm³/mol. The van der Waals surface area contributed by atoms with E-state index in [1.165, 1.54) is 20.8 Å². The number of esters is 2. The highest BCUT2D eigenvalue weighted by Gasteiger charge is 2.48.